The average Bonchev–Trinajstić information content (AvgIpc) is 3.40. The van der Waals surface area contributed by atoms with Gasteiger partial charge in [-0.3, -0.25) is 9.69 Å². The van der Waals surface area contributed by atoms with Crippen LogP contribution < -0.4 is 0 Å². The number of carbonyl (C=O) groups excluding carboxylic acids is 1. The summed E-state index contributed by atoms with van der Waals surface area (Å²) < 4.78 is 1.56. The van der Waals surface area contributed by atoms with Crippen molar-refractivity contribution >= 4 is 5.91 Å². The number of likely N-dealkylation sites (tertiary alicyclic amines) is 1. The molecule has 26 heavy (non-hydrogen) atoms. The Morgan fingerprint density at radius 2 is 1.69 bits per heavy atom. The lowest BCUT2D eigenvalue weighted by Gasteiger charge is -2.35. The highest BCUT2D eigenvalue weighted by Gasteiger charge is 2.23. The Kier molecular flexibility index (Phi) is 5.21. The van der Waals surface area contributed by atoms with E-state index in [1.54, 1.807) is 4.68 Å². The normalized spacial score (nSPS) is 19.2. The van der Waals surface area contributed by atoms with Gasteiger partial charge in [-0.1, -0.05) is 6.07 Å². The summed E-state index contributed by atoms with van der Waals surface area (Å²) >= 11 is 0. The summed E-state index contributed by atoms with van der Waals surface area (Å²) in [4.78, 5) is 19.8. The van der Waals surface area contributed by atoms with Crippen LogP contribution in [0, 0.1) is 0 Å². The fourth-order valence-electron chi connectivity index (χ4n) is 3.71. The molecule has 1 aromatic carbocycles. The Bertz CT molecular complexity index is 719. The fourth-order valence-corrected chi connectivity index (χ4v) is 3.71. The van der Waals surface area contributed by atoms with E-state index in [1.165, 1.54) is 32.3 Å². The highest BCUT2D eigenvalue weighted by Crippen LogP contribution is 2.13. The molecule has 138 valence electrons. The van der Waals surface area contributed by atoms with Crippen LogP contribution in [0.25, 0.3) is 5.69 Å². The lowest BCUT2D eigenvalue weighted by molar-refractivity contribution is 0.0626. The van der Waals surface area contributed by atoms with E-state index in [0.717, 1.165) is 45.0 Å². The second-order valence-corrected chi connectivity index (χ2v) is 6.99. The molecule has 2 aliphatic rings. The Morgan fingerprint density at radius 1 is 0.962 bits per heavy atom. The molecular formula is C18H25N7O. The number of rotatable bonds is 5. The molecule has 0 atom stereocenters. The fraction of sp³-hybridized carbons (Fsp3) is 0.556. The van der Waals surface area contributed by atoms with Crippen LogP contribution in [0.2, 0.25) is 0 Å². The van der Waals surface area contributed by atoms with Gasteiger partial charge in [0.15, 0.2) is 0 Å². The number of benzene rings is 1. The van der Waals surface area contributed by atoms with Crippen LogP contribution in [0.15, 0.2) is 30.6 Å². The summed E-state index contributed by atoms with van der Waals surface area (Å²) in [7, 11) is 0. The second kappa shape index (κ2) is 7.92. The standard InChI is InChI=1S/C18H25N7O/c26-18(16-4-3-5-17(14-16)25-15-19-20-21-25)24-12-10-23(11-13-24)9-8-22-6-1-2-7-22/h3-5,14-15H,1-2,6-13H2. The van der Waals surface area contributed by atoms with Gasteiger partial charge in [0.1, 0.15) is 6.33 Å². The molecule has 2 saturated heterocycles. The molecule has 2 aromatic rings. The molecule has 0 aliphatic carbocycles. The summed E-state index contributed by atoms with van der Waals surface area (Å²) in [6.45, 7) is 8.23. The molecule has 0 bridgehead atoms. The monoisotopic (exact) mass is 355 g/mol. The number of carbonyl (C=O) groups is 1. The Balaban J connectivity index is 1.31. The molecular weight excluding hydrogens is 330 g/mol. The molecule has 2 fully saturated rings. The van der Waals surface area contributed by atoms with Crippen LogP contribution in [-0.2, 0) is 0 Å². The van der Waals surface area contributed by atoms with E-state index in [1.807, 2.05) is 29.2 Å². The van der Waals surface area contributed by atoms with Gasteiger partial charge in [-0.2, -0.15) is 0 Å². The summed E-state index contributed by atoms with van der Waals surface area (Å²) in [5.41, 5.74) is 1.48. The van der Waals surface area contributed by atoms with Gasteiger partial charge < -0.3 is 9.80 Å². The van der Waals surface area contributed by atoms with Crippen molar-refractivity contribution in [3.05, 3.63) is 36.2 Å². The number of piperazine rings is 1. The molecule has 8 heteroatoms. The zero-order valence-corrected chi connectivity index (χ0v) is 15.0. The van der Waals surface area contributed by atoms with Crippen LogP contribution in [0.5, 0.6) is 0 Å². The van der Waals surface area contributed by atoms with Gasteiger partial charge in [0.2, 0.25) is 0 Å². The van der Waals surface area contributed by atoms with Gasteiger partial charge in [0.25, 0.3) is 5.91 Å². The second-order valence-electron chi connectivity index (χ2n) is 6.99. The third kappa shape index (κ3) is 3.91. The third-order valence-corrected chi connectivity index (χ3v) is 5.30. The van der Waals surface area contributed by atoms with Gasteiger partial charge in [-0.05, 0) is 54.6 Å². The SMILES string of the molecule is O=C(c1cccc(-n2cnnn2)c1)N1CCN(CCN2CCCC2)CC1. The van der Waals surface area contributed by atoms with Gasteiger partial charge in [0, 0.05) is 44.8 Å². The number of aromatic nitrogens is 4. The lowest BCUT2D eigenvalue weighted by Crippen LogP contribution is -2.50. The topological polar surface area (TPSA) is 70.4 Å². The van der Waals surface area contributed by atoms with Crippen molar-refractivity contribution in [2.75, 3.05) is 52.4 Å². The quantitative estimate of drug-likeness (QED) is 0.779. The molecule has 8 nitrogen and oxygen atoms in total. The summed E-state index contributed by atoms with van der Waals surface area (Å²) in [6, 6.07) is 7.47. The van der Waals surface area contributed by atoms with Gasteiger partial charge in [-0.25, -0.2) is 4.68 Å². The molecule has 0 radical (unpaired) electrons. The van der Waals surface area contributed by atoms with E-state index in [0.29, 0.717) is 5.56 Å². The number of nitrogens with zero attached hydrogens (tertiary/aromatic N) is 7. The van der Waals surface area contributed by atoms with Crippen molar-refractivity contribution in [3.8, 4) is 5.69 Å². The zero-order valence-electron chi connectivity index (χ0n) is 15.0. The van der Waals surface area contributed by atoms with Crippen LogP contribution in [0.3, 0.4) is 0 Å². The molecule has 2 aliphatic heterocycles. The van der Waals surface area contributed by atoms with E-state index in [-0.39, 0.29) is 5.91 Å². The molecule has 0 unspecified atom stereocenters. The van der Waals surface area contributed by atoms with Crippen molar-refractivity contribution in [1.29, 1.82) is 0 Å². The first kappa shape index (κ1) is 17.1. The zero-order chi connectivity index (χ0) is 17.8. The third-order valence-electron chi connectivity index (χ3n) is 5.30. The minimum absolute atomic E-state index is 0.0825. The van der Waals surface area contributed by atoms with Gasteiger partial charge in [0.05, 0.1) is 5.69 Å². The maximum atomic E-state index is 12.8. The maximum Gasteiger partial charge on any atom is 0.254 e. The minimum atomic E-state index is 0.0825. The van der Waals surface area contributed by atoms with E-state index < -0.39 is 0 Å². The molecule has 4 rings (SSSR count). The van der Waals surface area contributed by atoms with Crippen molar-refractivity contribution in [1.82, 2.24) is 34.9 Å². The number of amides is 1. The van der Waals surface area contributed by atoms with Crippen molar-refractivity contribution in [2.24, 2.45) is 0 Å². The van der Waals surface area contributed by atoms with E-state index in [4.69, 9.17) is 0 Å². The summed E-state index contributed by atoms with van der Waals surface area (Å²) in [5, 5.41) is 11.2. The first-order valence-electron chi connectivity index (χ1n) is 9.37. The molecule has 1 amide bonds. The summed E-state index contributed by atoms with van der Waals surface area (Å²) in [5.74, 6) is 0.0825. The highest BCUT2D eigenvalue weighted by molar-refractivity contribution is 5.94. The largest absolute Gasteiger partial charge is 0.336 e. The highest BCUT2D eigenvalue weighted by atomic mass is 16.2. The van der Waals surface area contributed by atoms with E-state index >= 15 is 0 Å². The first-order chi connectivity index (χ1) is 12.8. The smallest absolute Gasteiger partial charge is 0.254 e. The average molecular weight is 355 g/mol. The minimum Gasteiger partial charge on any atom is -0.336 e. The molecule has 1 aromatic heterocycles. The molecule has 0 spiro atoms. The number of hydrogen-bond acceptors (Lipinski definition) is 6. The lowest BCUT2D eigenvalue weighted by atomic mass is 10.1. The number of hydrogen-bond donors (Lipinski definition) is 0. The van der Waals surface area contributed by atoms with Crippen LogP contribution in [0.4, 0.5) is 0 Å². The van der Waals surface area contributed by atoms with Gasteiger partial charge >= 0.3 is 0 Å². The Hall–Kier alpha value is -2.32. The van der Waals surface area contributed by atoms with Crippen molar-refractivity contribution in [2.45, 2.75) is 12.8 Å². The Labute approximate surface area is 153 Å². The van der Waals surface area contributed by atoms with Crippen molar-refractivity contribution in [3.63, 3.8) is 0 Å². The van der Waals surface area contributed by atoms with Crippen LogP contribution in [-0.4, -0.2) is 93.2 Å². The molecule has 3 heterocycles. The maximum absolute atomic E-state index is 12.8. The molecule has 0 N–H and O–H groups in total. The van der Waals surface area contributed by atoms with E-state index in [9.17, 15) is 4.79 Å². The van der Waals surface area contributed by atoms with Crippen molar-refractivity contribution < 1.29 is 4.79 Å². The predicted molar refractivity (Wildman–Crippen MR) is 97.2 cm³/mol. The van der Waals surface area contributed by atoms with Crippen LogP contribution >= 0.6 is 0 Å². The summed E-state index contributed by atoms with van der Waals surface area (Å²) in [6.07, 6.45) is 4.21. The predicted octanol–water partition coefficient (Wildman–Crippen LogP) is 0.516. The Morgan fingerprint density at radius 3 is 2.38 bits per heavy atom. The van der Waals surface area contributed by atoms with Gasteiger partial charge in [-0.15, -0.1) is 5.10 Å². The number of tetrazole rings is 1. The van der Waals surface area contributed by atoms with E-state index in [2.05, 4.69) is 25.3 Å². The first-order valence-corrected chi connectivity index (χ1v) is 9.37. The van der Waals surface area contributed by atoms with Crippen LogP contribution in [0.1, 0.15) is 23.2 Å². The molecule has 0 saturated carbocycles.